The van der Waals surface area contributed by atoms with Gasteiger partial charge in [-0.25, -0.2) is 4.79 Å². The predicted octanol–water partition coefficient (Wildman–Crippen LogP) is -1.70. The quantitative estimate of drug-likeness (QED) is 0.502. The maximum absolute atomic E-state index is 10.4. The highest BCUT2D eigenvalue weighted by Gasteiger charge is 2.07. The van der Waals surface area contributed by atoms with Crippen molar-refractivity contribution in [2.24, 2.45) is 11.5 Å². The van der Waals surface area contributed by atoms with Crippen LogP contribution in [0, 0.1) is 0 Å². The number of carbonyl (C=O) groups is 2. The first-order valence-corrected chi connectivity index (χ1v) is 2.63. The lowest BCUT2D eigenvalue weighted by Crippen LogP contribution is -2.20. The Morgan fingerprint density at radius 2 is 2.09 bits per heavy atom. The van der Waals surface area contributed by atoms with Crippen molar-refractivity contribution in [1.82, 2.24) is 15.0 Å². The molecule has 0 aliphatic rings. The predicted molar refractivity (Wildman–Crippen MR) is 33.5 cm³/mol. The molecule has 4 N–H and O–H groups in total. The van der Waals surface area contributed by atoms with Crippen LogP contribution in [0.3, 0.4) is 0 Å². The molecule has 0 saturated heterocycles. The lowest BCUT2D eigenvalue weighted by molar-refractivity contribution is 0.0995. The number of primary amides is 2. The van der Waals surface area contributed by atoms with Crippen LogP contribution in [0.5, 0.6) is 0 Å². The first-order valence-electron chi connectivity index (χ1n) is 2.63. The van der Waals surface area contributed by atoms with Gasteiger partial charge in [0.05, 0.1) is 6.20 Å². The molecule has 0 radical (unpaired) electrons. The minimum atomic E-state index is -0.815. The molecule has 0 fully saturated rings. The summed E-state index contributed by atoms with van der Waals surface area (Å²) in [7, 11) is 0. The van der Waals surface area contributed by atoms with Crippen molar-refractivity contribution in [3.05, 3.63) is 11.9 Å². The molecule has 1 aromatic heterocycles. The molecule has 7 heteroatoms. The van der Waals surface area contributed by atoms with Gasteiger partial charge >= 0.3 is 6.03 Å². The standard InChI is InChI=1S/C4H5N5O2/c5-3(10)2-1-9(4(6)11)8-7-2/h1H,(H2,5,10)(H2,6,11). The smallest absolute Gasteiger partial charge is 0.340 e. The Morgan fingerprint density at radius 3 is 2.36 bits per heavy atom. The van der Waals surface area contributed by atoms with E-state index >= 15 is 0 Å². The minimum absolute atomic E-state index is 0.0937. The molecule has 0 unspecified atom stereocenters. The van der Waals surface area contributed by atoms with Crippen molar-refractivity contribution >= 4 is 11.9 Å². The number of carbonyl (C=O) groups excluding carboxylic acids is 2. The highest BCUT2D eigenvalue weighted by molar-refractivity contribution is 5.91. The Hall–Kier alpha value is -1.92. The van der Waals surface area contributed by atoms with E-state index in [1.165, 1.54) is 0 Å². The highest BCUT2D eigenvalue weighted by Crippen LogP contribution is 1.88. The average molecular weight is 155 g/mol. The molecule has 0 bridgehead atoms. The summed E-state index contributed by atoms with van der Waals surface area (Å²) in [4.78, 5) is 20.8. The van der Waals surface area contributed by atoms with Gasteiger partial charge < -0.3 is 11.5 Å². The van der Waals surface area contributed by atoms with E-state index in [1.807, 2.05) is 0 Å². The van der Waals surface area contributed by atoms with E-state index < -0.39 is 11.9 Å². The van der Waals surface area contributed by atoms with Crippen molar-refractivity contribution in [2.75, 3.05) is 0 Å². The van der Waals surface area contributed by atoms with Crippen LogP contribution in [0.25, 0.3) is 0 Å². The van der Waals surface area contributed by atoms with Crippen molar-refractivity contribution < 1.29 is 9.59 Å². The van der Waals surface area contributed by atoms with Gasteiger partial charge in [0.25, 0.3) is 5.91 Å². The van der Waals surface area contributed by atoms with Gasteiger partial charge in [-0.3, -0.25) is 4.79 Å². The molecule has 1 heterocycles. The van der Waals surface area contributed by atoms with Crippen molar-refractivity contribution in [2.45, 2.75) is 0 Å². The van der Waals surface area contributed by atoms with Crippen LogP contribution < -0.4 is 11.5 Å². The third-order valence-electron chi connectivity index (χ3n) is 0.972. The first kappa shape index (κ1) is 7.19. The van der Waals surface area contributed by atoms with Gasteiger partial charge in [-0.2, -0.15) is 4.68 Å². The van der Waals surface area contributed by atoms with Crippen molar-refractivity contribution in [3.63, 3.8) is 0 Å². The van der Waals surface area contributed by atoms with E-state index in [0.29, 0.717) is 0 Å². The molecule has 0 aliphatic carbocycles. The summed E-state index contributed by atoms with van der Waals surface area (Å²) in [5.41, 5.74) is 9.52. The molecule has 7 nitrogen and oxygen atoms in total. The molecular weight excluding hydrogens is 150 g/mol. The third-order valence-corrected chi connectivity index (χ3v) is 0.972. The lowest BCUT2D eigenvalue weighted by Gasteiger charge is -1.85. The van der Waals surface area contributed by atoms with Gasteiger partial charge in [0.2, 0.25) is 0 Å². The second-order valence-electron chi connectivity index (χ2n) is 1.75. The molecule has 0 aromatic carbocycles. The van der Waals surface area contributed by atoms with Crippen LogP contribution in [0.1, 0.15) is 10.5 Å². The molecule has 1 aromatic rings. The van der Waals surface area contributed by atoms with Crippen LogP contribution in [-0.4, -0.2) is 26.9 Å². The van der Waals surface area contributed by atoms with Crippen molar-refractivity contribution in [1.29, 1.82) is 0 Å². The number of hydrogen-bond donors (Lipinski definition) is 2. The Bertz CT molecular complexity index is 275. The van der Waals surface area contributed by atoms with E-state index in [0.717, 1.165) is 10.9 Å². The Labute approximate surface area is 61.0 Å². The van der Waals surface area contributed by atoms with Crippen LogP contribution in [0.15, 0.2) is 6.20 Å². The van der Waals surface area contributed by atoms with Gasteiger partial charge in [0.1, 0.15) is 0 Å². The maximum atomic E-state index is 10.4. The maximum Gasteiger partial charge on any atom is 0.340 e. The minimum Gasteiger partial charge on any atom is -0.364 e. The zero-order valence-corrected chi connectivity index (χ0v) is 5.39. The summed E-state index contributed by atoms with van der Waals surface area (Å²) in [6.45, 7) is 0. The number of amides is 2. The first-order chi connectivity index (χ1) is 5.11. The molecule has 0 atom stereocenters. The zero-order chi connectivity index (χ0) is 8.43. The number of aromatic nitrogens is 3. The van der Waals surface area contributed by atoms with Gasteiger partial charge in [-0.15, -0.1) is 5.10 Å². The molecule has 0 spiro atoms. The summed E-state index contributed by atoms with van der Waals surface area (Å²) in [6, 6.07) is -0.815. The van der Waals surface area contributed by atoms with Crippen molar-refractivity contribution in [3.8, 4) is 0 Å². The fourth-order valence-electron chi connectivity index (χ4n) is 0.484. The molecule has 2 amide bonds. The fourth-order valence-corrected chi connectivity index (χ4v) is 0.484. The average Bonchev–Trinajstić information content (AvgIpc) is 2.33. The zero-order valence-electron chi connectivity index (χ0n) is 5.39. The molecule has 58 valence electrons. The summed E-state index contributed by atoms with van der Waals surface area (Å²) in [5, 5.41) is 6.50. The Kier molecular flexibility index (Phi) is 1.55. The summed E-state index contributed by atoms with van der Waals surface area (Å²) >= 11 is 0. The topological polar surface area (TPSA) is 117 Å². The second kappa shape index (κ2) is 2.37. The number of hydrogen-bond acceptors (Lipinski definition) is 4. The summed E-state index contributed by atoms with van der Waals surface area (Å²) in [6.07, 6.45) is 1.06. The molecule has 0 aliphatic heterocycles. The highest BCUT2D eigenvalue weighted by atomic mass is 16.2. The van der Waals surface area contributed by atoms with E-state index in [1.54, 1.807) is 0 Å². The molecule has 0 saturated carbocycles. The monoisotopic (exact) mass is 155 g/mol. The Balaban J connectivity index is 2.99. The molecular formula is C4H5N5O2. The van der Waals surface area contributed by atoms with E-state index in [4.69, 9.17) is 11.5 Å². The third kappa shape index (κ3) is 1.31. The second-order valence-corrected chi connectivity index (χ2v) is 1.75. The van der Waals surface area contributed by atoms with Gasteiger partial charge in [-0.05, 0) is 0 Å². The van der Waals surface area contributed by atoms with Crippen LogP contribution in [0.4, 0.5) is 4.79 Å². The van der Waals surface area contributed by atoms with Crippen LogP contribution >= 0.6 is 0 Å². The Morgan fingerprint density at radius 1 is 1.45 bits per heavy atom. The number of nitrogens with zero attached hydrogens (tertiary/aromatic N) is 3. The van der Waals surface area contributed by atoms with E-state index in [2.05, 4.69) is 10.3 Å². The van der Waals surface area contributed by atoms with E-state index in [9.17, 15) is 9.59 Å². The summed E-state index contributed by atoms with van der Waals surface area (Å²) in [5.74, 6) is -0.752. The van der Waals surface area contributed by atoms with Gasteiger partial charge in [-0.1, -0.05) is 5.21 Å². The normalized spacial score (nSPS) is 9.45. The van der Waals surface area contributed by atoms with Crippen LogP contribution in [-0.2, 0) is 0 Å². The largest absolute Gasteiger partial charge is 0.364 e. The summed E-state index contributed by atoms with van der Waals surface area (Å²) < 4.78 is 0.722. The van der Waals surface area contributed by atoms with E-state index in [-0.39, 0.29) is 5.69 Å². The molecule has 11 heavy (non-hydrogen) atoms. The SMILES string of the molecule is NC(=O)c1cn(C(N)=O)nn1. The fraction of sp³-hybridized carbons (Fsp3) is 0. The number of rotatable bonds is 1. The van der Waals surface area contributed by atoms with Gasteiger partial charge in [0, 0.05) is 0 Å². The molecule has 1 rings (SSSR count). The lowest BCUT2D eigenvalue weighted by atomic mass is 10.5. The van der Waals surface area contributed by atoms with Crippen LogP contribution in [0.2, 0.25) is 0 Å². The number of nitrogens with two attached hydrogens (primary N) is 2. The van der Waals surface area contributed by atoms with Gasteiger partial charge in [0.15, 0.2) is 5.69 Å².